The van der Waals surface area contributed by atoms with Crippen LogP contribution in [-0.2, 0) is 11.3 Å². The van der Waals surface area contributed by atoms with Gasteiger partial charge >= 0.3 is 0 Å². The van der Waals surface area contributed by atoms with Crippen molar-refractivity contribution >= 4 is 27.3 Å². The largest absolute Gasteiger partial charge is 0.385 e. The van der Waals surface area contributed by atoms with E-state index in [0.717, 1.165) is 41.3 Å². The third-order valence-electron chi connectivity index (χ3n) is 3.13. The van der Waals surface area contributed by atoms with Crippen LogP contribution in [0.15, 0.2) is 34.1 Å². The summed E-state index contributed by atoms with van der Waals surface area (Å²) in [5.74, 6) is 0. The standard InChI is InChI=1S/C16H21BrN2OS/c1-20-9-4-2-3-8-18-11-15-12-21-16(19-15)13-6-5-7-14(17)10-13/h5-7,10,12,18H,2-4,8-9,11H2,1H3. The maximum atomic E-state index is 5.04. The van der Waals surface area contributed by atoms with Gasteiger partial charge in [-0.15, -0.1) is 11.3 Å². The molecule has 5 heteroatoms. The summed E-state index contributed by atoms with van der Waals surface area (Å²) in [5, 5.41) is 6.66. The highest BCUT2D eigenvalue weighted by Gasteiger charge is 2.04. The van der Waals surface area contributed by atoms with Crippen LogP contribution < -0.4 is 5.32 Å². The lowest BCUT2D eigenvalue weighted by Crippen LogP contribution is -2.15. The number of hydrogen-bond acceptors (Lipinski definition) is 4. The Morgan fingerprint density at radius 1 is 1.29 bits per heavy atom. The highest BCUT2D eigenvalue weighted by atomic mass is 79.9. The minimum atomic E-state index is 0.842. The van der Waals surface area contributed by atoms with Crippen LogP contribution in [0, 0.1) is 0 Å². The zero-order valence-electron chi connectivity index (χ0n) is 12.3. The summed E-state index contributed by atoms with van der Waals surface area (Å²) in [6, 6.07) is 8.27. The molecule has 1 N–H and O–H groups in total. The minimum absolute atomic E-state index is 0.842. The molecule has 2 aromatic rings. The van der Waals surface area contributed by atoms with E-state index in [1.807, 2.05) is 12.1 Å². The Kier molecular flexibility index (Phi) is 7.36. The predicted molar refractivity (Wildman–Crippen MR) is 92.7 cm³/mol. The van der Waals surface area contributed by atoms with Gasteiger partial charge in [0.05, 0.1) is 5.69 Å². The molecule has 1 heterocycles. The Balaban J connectivity index is 1.73. The van der Waals surface area contributed by atoms with Gasteiger partial charge in [-0.1, -0.05) is 28.1 Å². The van der Waals surface area contributed by atoms with Crippen molar-refractivity contribution in [3.8, 4) is 10.6 Å². The second kappa shape index (κ2) is 9.30. The Bertz CT molecular complexity index is 545. The highest BCUT2D eigenvalue weighted by molar-refractivity contribution is 9.10. The van der Waals surface area contributed by atoms with Crippen LogP contribution >= 0.6 is 27.3 Å². The molecule has 0 unspecified atom stereocenters. The molecule has 0 aliphatic rings. The average molecular weight is 369 g/mol. The summed E-state index contributed by atoms with van der Waals surface area (Å²) in [6.45, 7) is 2.74. The molecule has 2 rings (SSSR count). The fourth-order valence-corrected chi connectivity index (χ4v) is 3.25. The van der Waals surface area contributed by atoms with Crippen LogP contribution in [0.2, 0.25) is 0 Å². The van der Waals surface area contributed by atoms with Gasteiger partial charge in [0.1, 0.15) is 5.01 Å². The molecular formula is C16H21BrN2OS. The van der Waals surface area contributed by atoms with Crippen LogP contribution in [0.5, 0.6) is 0 Å². The van der Waals surface area contributed by atoms with Crippen molar-refractivity contribution in [3.05, 3.63) is 39.8 Å². The van der Waals surface area contributed by atoms with E-state index in [1.54, 1.807) is 18.4 Å². The summed E-state index contributed by atoms with van der Waals surface area (Å²) in [4.78, 5) is 4.68. The first-order valence-electron chi connectivity index (χ1n) is 7.19. The van der Waals surface area contributed by atoms with Crippen molar-refractivity contribution in [2.45, 2.75) is 25.8 Å². The van der Waals surface area contributed by atoms with Crippen LogP contribution in [0.4, 0.5) is 0 Å². The number of hydrogen-bond donors (Lipinski definition) is 1. The van der Waals surface area contributed by atoms with E-state index in [-0.39, 0.29) is 0 Å². The number of halogens is 1. The van der Waals surface area contributed by atoms with E-state index in [1.165, 1.54) is 18.4 Å². The van der Waals surface area contributed by atoms with Gasteiger partial charge in [-0.3, -0.25) is 0 Å². The fraction of sp³-hybridized carbons (Fsp3) is 0.438. The molecule has 0 saturated carbocycles. The number of aromatic nitrogens is 1. The smallest absolute Gasteiger partial charge is 0.123 e. The minimum Gasteiger partial charge on any atom is -0.385 e. The SMILES string of the molecule is COCCCCCNCc1csc(-c2cccc(Br)c2)n1. The number of nitrogens with one attached hydrogen (secondary N) is 1. The Morgan fingerprint density at radius 2 is 2.19 bits per heavy atom. The van der Waals surface area contributed by atoms with Crippen molar-refractivity contribution < 1.29 is 4.74 Å². The molecule has 1 aromatic carbocycles. The molecular weight excluding hydrogens is 348 g/mol. The first kappa shape index (κ1) is 16.6. The van der Waals surface area contributed by atoms with Gasteiger partial charge in [-0.25, -0.2) is 4.98 Å². The van der Waals surface area contributed by atoms with Gasteiger partial charge in [0.2, 0.25) is 0 Å². The first-order valence-corrected chi connectivity index (χ1v) is 8.87. The van der Waals surface area contributed by atoms with Crippen molar-refractivity contribution in [2.24, 2.45) is 0 Å². The van der Waals surface area contributed by atoms with Crippen molar-refractivity contribution in [1.82, 2.24) is 10.3 Å². The monoisotopic (exact) mass is 368 g/mol. The number of ether oxygens (including phenoxy) is 1. The zero-order valence-corrected chi connectivity index (χ0v) is 14.7. The van der Waals surface area contributed by atoms with Crippen molar-refractivity contribution in [1.29, 1.82) is 0 Å². The van der Waals surface area contributed by atoms with E-state index in [9.17, 15) is 0 Å². The van der Waals surface area contributed by atoms with Gasteiger partial charge in [0.15, 0.2) is 0 Å². The number of unbranched alkanes of at least 4 members (excludes halogenated alkanes) is 2. The summed E-state index contributed by atoms with van der Waals surface area (Å²) in [7, 11) is 1.75. The van der Waals surface area contributed by atoms with E-state index >= 15 is 0 Å². The van der Waals surface area contributed by atoms with Gasteiger partial charge in [-0.05, 0) is 37.9 Å². The molecule has 0 radical (unpaired) electrons. The molecule has 0 saturated heterocycles. The van der Waals surface area contributed by atoms with Crippen molar-refractivity contribution in [3.63, 3.8) is 0 Å². The third-order valence-corrected chi connectivity index (χ3v) is 4.56. The molecule has 0 aliphatic carbocycles. The third kappa shape index (κ3) is 5.87. The summed E-state index contributed by atoms with van der Waals surface area (Å²) < 4.78 is 6.13. The van der Waals surface area contributed by atoms with E-state index in [4.69, 9.17) is 4.74 Å². The van der Waals surface area contributed by atoms with E-state index < -0.39 is 0 Å². The van der Waals surface area contributed by atoms with E-state index in [0.29, 0.717) is 0 Å². The number of thiazole rings is 1. The Hall–Kier alpha value is -0.750. The Morgan fingerprint density at radius 3 is 3.00 bits per heavy atom. The topological polar surface area (TPSA) is 34.1 Å². The molecule has 0 spiro atoms. The van der Waals surface area contributed by atoms with Crippen LogP contribution in [0.1, 0.15) is 25.0 Å². The molecule has 0 bridgehead atoms. The highest BCUT2D eigenvalue weighted by Crippen LogP contribution is 2.26. The number of rotatable bonds is 9. The normalized spacial score (nSPS) is 11.0. The molecule has 0 amide bonds. The average Bonchev–Trinajstić information content (AvgIpc) is 2.95. The number of benzene rings is 1. The first-order chi connectivity index (χ1) is 10.3. The quantitative estimate of drug-likeness (QED) is 0.662. The van der Waals surface area contributed by atoms with Gasteiger partial charge in [-0.2, -0.15) is 0 Å². The lowest BCUT2D eigenvalue weighted by atomic mass is 10.2. The maximum Gasteiger partial charge on any atom is 0.123 e. The van der Waals surface area contributed by atoms with E-state index in [2.05, 4.69) is 43.7 Å². The molecule has 21 heavy (non-hydrogen) atoms. The maximum absolute atomic E-state index is 5.04. The number of nitrogens with zero attached hydrogens (tertiary/aromatic N) is 1. The lowest BCUT2D eigenvalue weighted by molar-refractivity contribution is 0.192. The summed E-state index contributed by atoms with van der Waals surface area (Å²) in [5.41, 5.74) is 2.28. The molecule has 114 valence electrons. The molecule has 3 nitrogen and oxygen atoms in total. The van der Waals surface area contributed by atoms with Gasteiger partial charge in [0, 0.05) is 35.7 Å². The number of methoxy groups -OCH3 is 1. The molecule has 1 aromatic heterocycles. The summed E-state index contributed by atoms with van der Waals surface area (Å²) >= 11 is 5.20. The Labute approximate surface area is 138 Å². The van der Waals surface area contributed by atoms with Crippen molar-refractivity contribution in [2.75, 3.05) is 20.3 Å². The lowest BCUT2D eigenvalue weighted by Gasteiger charge is -2.02. The molecule has 0 fully saturated rings. The second-order valence-corrected chi connectivity index (χ2v) is 6.66. The predicted octanol–water partition coefficient (Wildman–Crippen LogP) is 4.48. The van der Waals surface area contributed by atoms with Crippen LogP contribution in [0.25, 0.3) is 10.6 Å². The second-order valence-electron chi connectivity index (χ2n) is 4.88. The molecule has 0 atom stereocenters. The molecule has 0 aliphatic heterocycles. The van der Waals surface area contributed by atoms with Crippen LogP contribution in [0.3, 0.4) is 0 Å². The fourth-order valence-electron chi connectivity index (χ4n) is 2.03. The van der Waals surface area contributed by atoms with Crippen LogP contribution in [-0.4, -0.2) is 25.2 Å². The van der Waals surface area contributed by atoms with Gasteiger partial charge < -0.3 is 10.1 Å². The summed E-state index contributed by atoms with van der Waals surface area (Å²) in [6.07, 6.45) is 3.54. The van der Waals surface area contributed by atoms with Gasteiger partial charge in [0.25, 0.3) is 0 Å². The zero-order chi connectivity index (χ0) is 14.9.